The van der Waals surface area contributed by atoms with Crippen LogP contribution in [0.25, 0.3) is 0 Å². The number of hydrogen-bond donors (Lipinski definition) is 1. The molecule has 8 heteroatoms. The summed E-state index contributed by atoms with van der Waals surface area (Å²) in [7, 11) is 0. The molecule has 0 radical (unpaired) electrons. The third-order valence-corrected chi connectivity index (χ3v) is 5.56. The first-order chi connectivity index (χ1) is 12.5. The van der Waals surface area contributed by atoms with E-state index in [0.717, 1.165) is 0 Å². The molecule has 5 nitrogen and oxygen atoms in total. The number of carbonyl (C=O) groups excluding carboxylic acids is 2. The number of nitriles is 1. The van der Waals surface area contributed by atoms with Crippen LogP contribution in [-0.2, 0) is 4.79 Å². The van der Waals surface area contributed by atoms with Crippen LogP contribution in [0.3, 0.4) is 0 Å². The molecule has 1 heterocycles. The lowest BCUT2D eigenvalue weighted by Gasteiger charge is -2.23. The Hall–Kier alpha value is -2.37. The standard InChI is InChI=1S/C18H13BrFN3O2S/c19-15-7-12(20)3-6-14(15)18(25)23-10-26-9-16(23)17(24)22-13-4-1-11(8-21)2-5-13/h1-7,16H,9-10H2,(H,22,24). The molecular formula is C18H13BrFN3O2S. The number of anilines is 1. The van der Waals surface area contributed by atoms with Crippen molar-refractivity contribution in [3.63, 3.8) is 0 Å². The molecule has 2 aromatic carbocycles. The Morgan fingerprint density at radius 2 is 2.00 bits per heavy atom. The maximum absolute atomic E-state index is 13.2. The molecule has 1 fully saturated rings. The molecule has 0 bridgehead atoms. The summed E-state index contributed by atoms with van der Waals surface area (Å²) in [6.45, 7) is 0. The minimum Gasteiger partial charge on any atom is -0.324 e. The Balaban J connectivity index is 1.75. The molecule has 26 heavy (non-hydrogen) atoms. The monoisotopic (exact) mass is 433 g/mol. The van der Waals surface area contributed by atoms with Gasteiger partial charge < -0.3 is 10.2 Å². The number of nitrogens with one attached hydrogen (secondary N) is 1. The van der Waals surface area contributed by atoms with Gasteiger partial charge in [-0.15, -0.1) is 11.8 Å². The van der Waals surface area contributed by atoms with E-state index in [4.69, 9.17) is 5.26 Å². The van der Waals surface area contributed by atoms with E-state index in [0.29, 0.717) is 32.9 Å². The first-order valence-electron chi connectivity index (χ1n) is 7.64. The number of rotatable bonds is 3. The quantitative estimate of drug-likeness (QED) is 0.801. The number of halogens is 2. The Morgan fingerprint density at radius 1 is 1.27 bits per heavy atom. The zero-order valence-electron chi connectivity index (χ0n) is 13.4. The lowest BCUT2D eigenvalue weighted by molar-refractivity contribution is -0.119. The van der Waals surface area contributed by atoms with E-state index < -0.39 is 11.9 Å². The van der Waals surface area contributed by atoms with Crippen LogP contribution in [0.1, 0.15) is 15.9 Å². The van der Waals surface area contributed by atoms with Gasteiger partial charge in [-0.1, -0.05) is 0 Å². The highest BCUT2D eigenvalue weighted by atomic mass is 79.9. The average molecular weight is 434 g/mol. The van der Waals surface area contributed by atoms with Crippen LogP contribution in [0.5, 0.6) is 0 Å². The molecule has 132 valence electrons. The average Bonchev–Trinajstić information content (AvgIpc) is 3.12. The molecule has 1 aliphatic rings. The summed E-state index contributed by atoms with van der Waals surface area (Å²) < 4.78 is 13.6. The number of amides is 2. The second-order valence-corrected chi connectivity index (χ2v) is 7.45. The van der Waals surface area contributed by atoms with Crippen LogP contribution >= 0.6 is 27.7 Å². The Bertz CT molecular complexity index is 898. The van der Waals surface area contributed by atoms with Gasteiger partial charge in [0.1, 0.15) is 11.9 Å². The second kappa shape index (κ2) is 7.89. The second-order valence-electron chi connectivity index (χ2n) is 5.59. The van der Waals surface area contributed by atoms with Gasteiger partial charge in [-0.05, 0) is 58.4 Å². The topological polar surface area (TPSA) is 73.2 Å². The first kappa shape index (κ1) is 18.4. The zero-order chi connectivity index (χ0) is 18.7. The summed E-state index contributed by atoms with van der Waals surface area (Å²) in [6.07, 6.45) is 0. The molecule has 1 atom stereocenters. The number of benzene rings is 2. The fraction of sp³-hybridized carbons (Fsp3) is 0.167. The van der Waals surface area contributed by atoms with E-state index in [2.05, 4.69) is 21.2 Å². The lowest BCUT2D eigenvalue weighted by atomic mass is 10.1. The zero-order valence-corrected chi connectivity index (χ0v) is 15.8. The van der Waals surface area contributed by atoms with Crippen LogP contribution in [0.15, 0.2) is 46.9 Å². The SMILES string of the molecule is N#Cc1ccc(NC(=O)C2CSCN2C(=O)c2ccc(F)cc2Br)cc1. The van der Waals surface area contributed by atoms with Crippen molar-refractivity contribution in [1.29, 1.82) is 5.26 Å². The molecule has 1 N–H and O–H groups in total. The summed E-state index contributed by atoms with van der Waals surface area (Å²) in [6, 6.07) is 11.7. The van der Waals surface area contributed by atoms with Crippen molar-refractivity contribution in [2.45, 2.75) is 6.04 Å². The highest BCUT2D eigenvalue weighted by molar-refractivity contribution is 9.10. The molecule has 2 amide bonds. The van der Waals surface area contributed by atoms with Crippen LogP contribution in [-0.4, -0.2) is 34.4 Å². The summed E-state index contributed by atoms with van der Waals surface area (Å²) in [5.74, 6) is -0.215. The molecule has 2 aromatic rings. The van der Waals surface area contributed by atoms with Gasteiger partial charge in [-0.25, -0.2) is 4.39 Å². The van der Waals surface area contributed by atoms with Gasteiger partial charge in [0.05, 0.1) is 23.1 Å². The lowest BCUT2D eigenvalue weighted by Crippen LogP contribution is -2.44. The van der Waals surface area contributed by atoms with Crippen LogP contribution < -0.4 is 5.32 Å². The van der Waals surface area contributed by atoms with E-state index in [1.54, 1.807) is 24.3 Å². The molecule has 1 unspecified atom stereocenters. The van der Waals surface area contributed by atoms with Gasteiger partial charge in [0.15, 0.2) is 0 Å². The van der Waals surface area contributed by atoms with Crippen LogP contribution in [0, 0.1) is 17.1 Å². The van der Waals surface area contributed by atoms with Crippen molar-refractivity contribution in [3.8, 4) is 6.07 Å². The molecule has 1 aliphatic heterocycles. The largest absolute Gasteiger partial charge is 0.324 e. The molecule has 3 rings (SSSR count). The van der Waals surface area contributed by atoms with Crippen molar-refractivity contribution in [2.24, 2.45) is 0 Å². The van der Waals surface area contributed by atoms with Gasteiger partial charge in [0.25, 0.3) is 5.91 Å². The van der Waals surface area contributed by atoms with E-state index in [-0.39, 0.29) is 11.8 Å². The van der Waals surface area contributed by atoms with Gasteiger partial charge >= 0.3 is 0 Å². The maximum atomic E-state index is 13.2. The summed E-state index contributed by atoms with van der Waals surface area (Å²) in [5, 5.41) is 11.6. The predicted octanol–water partition coefficient (Wildman–Crippen LogP) is 3.61. The fourth-order valence-electron chi connectivity index (χ4n) is 2.53. The van der Waals surface area contributed by atoms with Crippen molar-refractivity contribution in [1.82, 2.24) is 4.90 Å². The smallest absolute Gasteiger partial charge is 0.256 e. The summed E-state index contributed by atoms with van der Waals surface area (Å²) >= 11 is 4.68. The molecule has 1 saturated heterocycles. The first-order valence-corrected chi connectivity index (χ1v) is 9.59. The van der Waals surface area contributed by atoms with E-state index in [1.165, 1.54) is 34.9 Å². The summed E-state index contributed by atoms with van der Waals surface area (Å²) in [5.41, 5.74) is 1.36. The number of hydrogen-bond acceptors (Lipinski definition) is 4. The number of carbonyl (C=O) groups is 2. The van der Waals surface area contributed by atoms with Gasteiger partial charge in [0, 0.05) is 15.9 Å². The fourth-order valence-corrected chi connectivity index (χ4v) is 4.21. The summed E-state index contributed by atoms with van der Waals surface area (Å²) in [4.78, 5) is 26.8. The van der Waals surface area contributed by atoms with Crippen molar-refractivity contribution in [2.75, 3.05) is 16.9 Å². The van der Waals surface area contributed by atoms with Crippen LogP contribution in [0.4, 0.5) is 10.1 Å². The molecular weight excluding hydrogens is 421 g/mol. The number of thioether (sulfide) groups is 1. The predicted molar refractivity (Wildman–Crippen MR) is 101 cm³/mol. The minimum atomic E-state index is -0.625. The van der Waals surface area contributed by atoms with Crippen LogP contribution in [0.2, 0.25) is 0 Å². The van der Waals surface area contributed by atoms with Crippen molar-refractivity contribution in [3.05, 3.63) is 63.9 Å². The van der Waals surface area contributed by atoms with Gasteiger partial charge in [-0.2, -0.15) is 5.26 Å². The molecule has 0 aromatic heterocycles. The highest BCUT2D eigenvalue weighted by Crippen LogP contribution is 2.27. The van der Waals surface area contributed by atoms with Crippen molar-refractivity contribution >= 4 is 45.2 Å². The Morgan fingerprint density at radius 3 is 2.65 bits per heavy atom. The normalized spacial score (nSPS) is 16.2. The molecule has 0 saturated carbocycles. The minimum absolute atomic E-state index is 0.300. The number of nitrogens with zero attached hydrogens (tertiary/aromatic N) is 2. The molecule has 0 spiro atoms. The van der Waals surface area contributed by atoms with E-state index >= 15 is 0 Å². The third kappa shape index (κ3) is 3.89. The van der Waals surface area contributed by atoms with Gasteiger partial charge in [-0.3, -0.25) is 9.59 Å². The highest BCUT2D eigenvalue weighted by Gasteiger charge is 2.35. The Kier molecular flexibility index (Phi) is 5.59. The van der Waals surface area contributed by atoms with E-state index in [1.807, 2.05) is 6.07 Å². The van der Waals surface area contributed by atoms with Gasteiger partial charge in [0.2, 0.25) is 5.91 Å². The third-order valence-electron chi connectivity index (χ3n) is 3.89. The maximum Gasteiger partial charge on any atom is 0.256 e. The molecule has 0 aliphatic carbocycles. The van der Waals surface area contributed by atoms with E-state index in [9.17, 15) is 14.0 Å². The van der Waals surface area contributed by atoms with Crippen molar-refractivity contribution < 1.29 is 14.0 Å². The Labute approximate surface area is 162 Å².